The van der Waals surface area contributed by atoms with Gasteiger partial charge in [-0.05, 0) is 23.8 Å². The summed E-state index contributed by atoms with van der Waals surface area (Å²) < 4.78 is 17.4. The molecule has 1 unspecified atom stereocenters. The van der Waals surface area contributed by atoms with E-state index in [0.29, 0.717) is 19.0 Å². The van der Waals surface area contributed by atoms with Crippen LogP contribution in [0, 0.1) is 0 Å². The lowest BCUT2D eigenvalue weighted by Gasteiger charge is -2.36. The first-order valence-electron chi connectivity index (χ1n) is 7.36. The zero-order valence-corrected chi connectivity index (χ0v) is 12.8. The van der Waals surface area contributed by atoms with E-state index in [-0.39, 0.29) is 0 Å². The van der Waals surface area contributed by atoms with Crippen LogP contribution in [0.3, 0.4) is 0 Å². The molecule has 0 bridgehead atoms. The van der Waals surface area contributed by atoms with Gasteiger partial charge in [-0.3, -0.25) is 0 Å². The standard InChI is InChI=1S/C18H20O4/c1-13(19)18(21-11-5-6-12-22-18)17-15-8-4-3-7-14(15)9-10-16(17)20-2/h3-10,13,19H,11-12H2,1-2H3. The Labute approximate surface area is 129 Å². The number of hydrogen-bond donors (Lipinski definition) is 1. The van der Waals surface area contributed by atoms with Crippen molar-refractivity contribution in [1.29, 1.82) is 0 Å². The molecule has 4 nitrogen and oxygen atoms in total. The molecule has 2 aromatic carbocycles. The van der Waals surface area contributed by atoms with Crippen molar-refractivity contribution in [1.82, 2.24) is 0 Å². The molecular formula is C18H20O4. The van der Waals surface area contributed by atoms with Crippen LogP contribution in [-0.2, 0) is 15.3 Å². The van der Waals surface area contributed by atoms with E-state index in [1.807, 2.05) is 48.6 Å². The molecule has 0 amide bonds. The number of benzene rings is 2. The summed E-state index contributed by atoms with van der Waals surface area (Å²) in [5.41, 5.74) is 0.729. The van der Waals surface area contributed by atoms with Crippen LogP contribution in [0.1, 0.15) is 12.5 Å². The maximum atomic E-state index is 10.5. The highest BCUT2D eigenvalue weighted by atomic mass is 16.7. The molecule has 0 fully saturated rings. The summed E-state index contributed by atoms with van der Waals surface area (Å²) in [7, 11) is 1.61. The number of aliphatic hydroxyl groups is 1. The second-order valence-electron chi connectivity index (χ2n) is 5.30. The first-order chi connectivity index (χ1) is 10.7. The van der Waals surface area contributed by atoms with Crippen molar-refractivity contribution in [3.8, 4) is 5.75 Å². The van der Waals surface area contributed by atoms with E-state index in [9.17, 15) is 5.11 Å². The van der Waals surface area contributed by atoms with Gasteiger partial charge in [0.1, 0.15) is 11.9 Å². The Morgan fingerprint density at radius 1 is 1.09 bits per heavy atom. The number of hydrogen-bond acceptors (Lipinski definition) is 4. The molecule has 1 heterocycles. The lowest BCUT2D eigenvalue weighted by Crippen LogP contribution is -2.43. The predicted octanol–water partition coefficient (Wildman–Crippen LogP) is 2.99. The minimum atomic E-state index is -1.25. The number of fused-ring (bicyclic) bond motifs is 1. The maximum absolute atomic E-state index is 10.5. The summed E-state index contributed by atoms with van der Waals surface area (Å²) in [5, 5.41) is 12.4. The van der Waals surface area contributed by atoms with Crippen molar-refractivity contribution in [2.75, 3.05) is 20.3 Å². The molecule has 0 aliphatic carbocycles. The molecule has 1 N–H and O–H groups in total. The Morgan fingerprint density at radius 2 is 1.77 bits per heavy atom. The summed E-state index contributed by atoms with van der Waals surface area (Å²) in [6.45, 7) is 2.42. The van der Waals surface area contributed by atoms with Crippen molar-refractivity contribution in [3.63, 3.8) is 0 Å². The van der Waals surface area contributed by atoms with Gasteiger partial charge in [0.25, 0.3) is 0 Å². The average molecular weight is 300 g/mol. The lowest BCUT2D eigenvalue weighted by atomic mass is 9.93. The number of aliphatic hydroxyl groups excluding tert-OH is 1. The van der Waals surface area contributed by atoms with Gasteiger partial charge in [-0.1, -0.05) is 42.5 Å². The highest BCUT2D eigenvalue weighted by molar-refractivity contribution is 5.88. The minimum absolute atomic E-state index is 0.372. The van der Waals surface area contributed by atoms with E-state index < -0.39 is 11.9 Å². The van der Waals surface area contributed by atoms with Crippen molar-refractivity contribution in [2.45, 2.75) is 18.8 Å². The molecule has 0 saturated carbocycles. The SMILES string of the molecule is COc1ccc2ccccc2c1C1(C(C)O)OCC=CCO1. The third-order valence-corrected chi connectivity index (χ3v) is 3.96. The number of rotatable bonds is 3. The molecule has 3 rings (SSSR count). The van der Waals surface area contributed by atoms with Gasteiger partial charge in [0.2, 0.25) is 5.79 Å². The Balaban J connectivity index is 2.29. The quantitative estimate of drug-likeness (QED) is 0.885. The minimum Gasteiger partial charge on any atom is -0.496 e. The molecule has 1 atom stereocenters. The molecule has 2 aromatic rings. The highest BCUT2D eigenvalue weighted by Gasteiger charge is 2.43. The van der Waals surface area contributed by atoms with Crippen LogP contribution in [0.2, 0.25) is 0 Å². The summed E-state index contributed by atoms with van der Waals surface area (Å²) >= 11 is 0. The third kappa shape index (κ3) is 2.39. The first kappa shape index (κ1) is 15.0. The Bertz CT molecular complexity index is 681. The van der Waals surface area contributed by atoms with Gasteiger partial charge in [-0.15, -0.1) is 0 Å². The fraction of sp³-hybridized carbons (Fsp3) is 0.333. The molecule has 1 aliphatic heterocycles. The number of ether oxygens (including phenoxy) is 3. The van der Waals surface area contributed by atoms with Gasteiger partial charge < -0.3 is 19.3 Å². The van der Waals surface area contributed by atoms with Crippen LogP contribution in [0.4, 0.5) is 0 Å². The molecule has 4 heteroatoms. The fourth-order valence-electron chi connectivity index (χ4n) is 2.90. The summed E-state index contributed by atoms with van der Waals surface area (Å²) in [6, 6.07) is 11.8. The Morgan fingerprint density at radius 3 is 2.41 bits per heavy atom. The second-order valence-corrected chi connectivity index (χ2v) is 5.30. The average Bonchev–Trinajstić information content (AvgIpc) is 2.80. The van der Waals surface area contributed by atoms with Gasteiger partial charge in [0.05, 0.1) is 25.9 Å². The summed E-state index contributed by atoms with van der Waals surface area (Å²) in [6.07, 6.45) is 2.93. The van der Waals surface area contributed by atoms with E-state index in [0.717, 1.165) is 16.3 Å². The van der Waals surface area contributed by atoms with Gasteiger partial charge in [-0.25, -0.2) is 0 Å². The molecule has 0 radical (unpaired) electrons. The van der Waals surface area contributed by atoms with E-state index >= 15 is 0 Å². The van der Waals surface area contributed by atoms with Gasteiger partial charge >= 0.3 is 0 Å². The normalized spacial score (nSPS) is 18.9. The van der Waals surface area contributed by atoms with Crippen molar-refractivity contribution >= 4 is 10.8 Å². The van der Waals surface area contributed by atoms with Gasteiger partial charge in [-0.2, -0.15) is 0 Å². The smallest absolute Gasteiger partial charge is 0.226 e. The van der Waals surface area contributed by atoms with Crippen molar-refractivity contribution in [2.24, 2.45) is 0 Å². The first-order valence-corrected chi connectivity index (χ1v) is 7.36. The van der Waals surface area contributed by atoms with Crippen LogP contribution in [0.5, 0.6) is 5.75 Å². The Hall–Kier alpha value is -1.88. The van der Waals surface area contributed by atoms with Crippen molar-refractivity contribution in [3.05, 3.63) is 54.1 Å². The number of methoxy groups -OCH3 is 1. The largest absolute Gasteiger partial charge is 0.496 e. The van der Waals surface area contributed by atoms with Crippen LogP contribution in [-0.4, -0.2) is 31.5 Å². The third-order valence-electron chi connectivity index (χ3n) is 3.96. The van der Waals surface area contributed by atoms with Crippen LogP contribution >= 0.6 is 0 Å². The van der Waals surface area contributed by atoms with E-state index in [2.05, 4.69) is 0 Å². The van der Waals surface area contributed by atoms with Crippen molar-refractivity contribution < 1.29 is 19.3 Å². The lowest BCUT2D eigenvalue weighted by molar-refractivity contribution is -0.277. The monoisotopic (exact) mass is 300 g/mol. The van der Waals surface area contributed by atoms with E-state index in [4.69, 9.17) is 14.2 Å². The Kier molecular flexibility index (Phi) is 4.16. The fourth-order valence-corrected chi connectivity index (χ4v) is 2.90. The predicted molar refractivity (Wildman–Crippen MR) is 84.9 cm³/mol. The zero-order valence-electron chi connectivity index (χ0n) is 12.8. The maximum Gasteiger partial charge on any atom is 0.226 e. The van der Waals surface area contributed by atoms with E-state index in [1.54, 1.807) is 14.0 Å². The molecule has 116 valence electrons. The van der Waals surface area contributed by atoms with Gasteiger partial charge in [0.15, 0.2) is 0 Å². The summed E-state index contributed by atoms with van der Waals surface area (Å²) in [5.74, 6) is -0.614. The van der Waals surface area contributed by atoms with Crippen LogP contribution in [0.25, 0.3) is 10.8 Å². The molecule has 0 saturated heterocycles. The molecule has 0 aromatic heterocycles. The van der Waals surface area contributed by atoms with Crippen LogP contribution in [0.15, 0.2) is 48.6 Å². The highest BCUT2D eigenvalue weighted by Crippen LogP contribution is 2.42. The van der Waals surface area contributed by atoms with Crippen LogP contribution < -0.4 is 4.74 Å². The zero-order chi connectivity index (χ0) is 15.6. The molecule has 0 spiro atoms. The molecule has 1 aliphatic rings. The summed E-state index contributed by atoms with van der Waals surface area (Å²) in [4.78, 5) is 0. The second kappa shape index (κ2) is 6.08. The molecular weight excluding hydrogens is 280 g/mol. The van der Waals surface area contributed by atoms with Gasteiger partial charge in [0, 0.05) is 0 Å². The topological polar surface area (TPSA) is 47.9 Å². The van der Waals surface area contributed by atoms with E-state index in [1.165, 1.54) is 0 Å². The molecule has 22 heavy (non-hydrogen) atoms.